The molecular weight excluding hydrogens is 320 g/mol. The van der Waals surface area contributed by atoms with Gasteiger partial charge in [0.2, 0.25) is 0 Å². The van der Waals surface area contributed by atoms with Crippen LogP contribution in [0.5, 0.6) is 11.5 Å². The van der Waals surface area contributed by atoms with Crippen molar-refractivity contribution in [1.82, 2.24) is 4.90 Å². The summed E-state index contributed by atoms with van der Waals surface area (Å²) in [5.74, 6) is 0.293. The molecule has 1 saturated heterocycles. The summed E-state index contributed by atoms with van der Waals surface area (Å²) < 4.78 is 5.70. The molecule has 1 atom stereocenters. The molecule has 130 valence electrons. The topological polar surface area (TPSA) is 92.9 Å². The maximum Gasteiger partial charge on any atom is 0.253 e. The minimum atomic E-state index is -1.65. The number of hydrogen-bond acceptors (Lipinski definition) is 4. The standard InChI is InChI=1S/C19H20N2O4/c20-18(23)19(24)11-4-12-21(13-19)17(22)14-7-9-16(10-8-14)25-15-5-2-1-3-6-15/h1-3,5-10,24H,4,11-13H2,(H2,20,23)/t19-/m0/s1. The number of nitrogens with two attached hydrogens (primary N) is 1. The predicted octanol–water partition coefficient (Wildman–Crippen LogP) is 1.93. The Morgan fingerprint density at radius 2 is 1.68 bits per heavy atom. The molecular formula is C19H20N2O4. The fraction of sp³-hybridized carbons (Fsp3) is 0.263. The van der Waals surface area contributed by atoms with E-state index in [1.54, 1.807) is 24.3 Å². The van der Waals surface area contributed by atoms with E-state index >= 15 is 0 Å². The van der Waals surface area contributed by atoms with E-state index in [4.69, 9.17) is 10.5 Å². The Bertz CT molecular complexity index is 761. The summed E-state index contributed by atoms with van der Waals surface area (Å²) in [4.78, 5) is 25.5. The first-order valence-electron chi connectivity index (χ1n) is 8.12. The summed E-state index contributed by atoms with van der Waals surface area (Å²) in [5, 5.41) is 10.2. The van der Waals surface area contributed by atoms with Crippen molar-refractivity contribution < 1.29 is 19.4 Å². The zero-order valence-electron chi connectivity index (χ0n) is 13.7. The smallest absolute Gasteiger partial charge is 0.253 e. The molecule has 2 aromatic carbocycles. The van der Waals surface area contributed by atoms with Crippen molar-refractivity contribution in [2.24, 2.45) is 5.73 Å². The van der Waals surface area contributed by atoms with E-state index in [-0.39, 0.29) is 18.9 Å². The maximum absolute atomic E-state index is 12.6. The van der Waals surface area contributed by atoms with Gasteiger partial charge in [0.1, 0.15) is 11.5 Å². The number of benzene rings is 2. The Morgan fingerprint density at radius 3 is 2.32 bits per heavy atom. The van der Waals surface area contributed by atoms with Crippen molar-refractivity contribution in [3.05, 3.63) is 60.2 Å². The second kappa shape index (κ2) is 6.94. The van der Waals surface area contributed by atoms with Gasteiger partial charge in [-0.05, 0) is 49.2 Å². The predicted molar refractivity (Wildman–Crippen MR) is 92.2 cm³/mol. The average molecular weight is 340 g/mol. The van der Waals surface area contributed by atoms with Crippen LogP contribution >= 0.6 is 0 Å². The third-order valence-electron chi connectivity index (χ3n) is 4.30. The van der Waals surface area contributed by atoms with Crippen LogP contribution in [-0.4, -0.2) is 40.5 Å². The fourth-order valence-electron chi connectivity index (χ4n) is 2.88. The molecule has 6 heteroatoms. The largest absolute Gasteiger partial charge is 0.457 e. The summed E-state index contributed by atoms with van der Waals surface area (Å²) in [6.07, 6.45) is 0.802. The van der Waals surface area contributed by atoms with Crippen molar-refractivity contribution in [3.63, 3.8) is 0 Å². The highest BCUT2D eigenvalue weighted by atomic mass is 16.5. The third kappa shape index (κ3) is 3.80. The van der Waals surface area contributed by atoms with E-state index in [1.807, 2.05) is 30.3 Å². The van der Waals surface area contributed by atoms with E-state index in [2.05, 4.69) is 0 Å². The molecule has 0 saturated carbocycles. The van der Waals surface area contributed by atoms with Crippen LogP contribution in [0, 0.1) is 0 Å². The number of primary amides is 1. The lowest BCUT2D eigenvalue weighted by atomic mass is 9.92. The molecule has 0 aromatic heterocycles. The number of carbonyl (C=O) groups excluding carboxylic acids is 2. The highest BCUT2D eigenvalue weighted by Gasteiger charge is 2.40. The number of likely N-dealkylation sites (tertiary alicyclic amines) is 1. The van der Waals surface area contributed by atoms with Gasteiger partial charge in [0.15, 0.2) is 5.60 Å². The Morgan fingerprint density at radius 1 is 1.04 bits per heavy atom. The monoisotopic (exact) mass is 340 g/mol. The summed E-state index contributed by atoms with van der Waals surface area (Å²) in [7, 11) is 0. The van der Waals surface area contributed by atoms with Gasteiger partial charge in [-0.2, -0.15) is 0 Å². The number of nitrogens with zero attached hydrogens (tertiary/aromatic N) is 1. The number of piperidine rings is 1. The Kier molecular flexibility index (Phi) is 4.72. The van der Waals surface area contributed by atoms with Crippen LogP contribution in [0.25, 0.3) is 0 Å². The Balaban J connectivity index is 1.69. The summed E-state index contributed by atoms with van der Waals surface area (Å²) in [6.45, 7) is 0.403. The SMILES string of the molecule is NC(=O)[C@]1(O)CCCN(C(=O)c2ccc(Oc3ccccc3)cc2)C1. The molecule has 2 aromatic rings. The first kappa shape index (κ1) is 17.0. The summed E-state index contributed by atoms with van der Waals surface area (Å²) in [6, 6.07) is 16.1. The van der Waals surface area contributed by atoms with Crippen molar-refractivity contribution in [2.45, 2.75) is 18.4 Å². The van der Waals surface area contributed by atoms with Gasteiger partial charge in [-0.25, -0.2) is 0 Å². The number of rotatable bonds is 4. The highest BCUT2D eigenvalue weighted by Crippen LogP contribution is 2.24. The number of β-amino-alcohol motifs (C(OH)–C–C–N with tert-alkyl or cyclic N) is 1. The van der Waals surface area contributed by atoms with Gasteiger partial charge < -0.3 is 20.5 Å². The third-order valence-corrected chi connectivity index (χ3v) is 4.30. The van der Waals surface area contributed by atoms with Crippen molar-refractivity contribution >= 4 is 11.8 Å². The number of hydrogen-bond donors (Lipinski definition) is 2. The van der Waals surface area contributed by atoms with Crippen molar-refractivity contribution in [1.29, 1.82) is 0 Å². The van der Waals surface area contributed by atoms with Crippen molar-refractivity contribution in [2.75, 3.05) is 13.1 Å². The second-order valence-electron chi connectivity index (χ2n) is 6.17. The first-order valence-corrected chi connectivity index (χ1v) is 8.12. The molecule has 0 bridgehead atoms. The van der Waals surface area contributed by atoms with E-state index in [0.717, 1.165) is 0 Å². The molecule has 1 fully saturated rings. The summed E-state index contributed by atoms with van der Waals surface area (Å²) >= 11 is 0. The van der Waals surface area contributed by atoms with E-state index in [0.29, 0.717) is 30.0 Å². The van der Waals surface area contributed by atoms with Gasteiger partial charge in [-0.3, -0.25) is 9.59 Å². The zero-order valence-corrected chi connectivity index (χ0v) is 13.7. The molecule has 0 aliphatic carbocycles. The highest BCUT2D eigenvalue weighted by molar-refractivity contribution is 5.95. The van der Waals surface area contributed by atoms with Crippen LogP contribution in [0.2, 0.25) is 0 Å². The lowest BCUT2D eigenvalue weighted by Gasteiger charge is -2.37. The molecule has 6 nitrogen and oxygen atoms in total. The molecule has 25 heavy (non-hydrogen) atoms. The Hall–Kier alpha value is -2.86. The van der Waals surface area contributed by atoms with Gasteiger partial charge >= 0.3 is 0 Å². The quantitative estimate of drug-likeness (QED) is 0.889. The number of para-hydroxylation sites is 1. The van der Waals surface area contributed by atoms with E-state index in [1.165, 1.54) is 4.90 Å². The molecule has 0 unspecified atom stereocenters. The lowest BCUT2D eigenvalue weighted by molar-refractivity contribution is -0.140. The molecule has 1 heterocycles. The average Bonchev–Trinajstić information content (AvgIpc) is 2.62. The molecule has 1 aliphatic heterocycles. The number of carbonyl (C=O) groups is 2. The van der Waals surface area contributed by atoms with E-state index < -0.39 is 11.5 Å². The Labute approximate surface area is 145 Å². The van der Waals surface area contributed by atoms with E-state index in [9.17, 15) is 14.7 Å². The lowest BCUT2D eigenvalue weighted by Crippen LogP contribution is -2.57. The maximum atomic E-state index is 12.6. The molecule has 3 N–H and O–H groups in total. The van der Waals surface area contributed by atoms with Crippen LogP contribution < -0.4 is 10.5 Å². The van der Waals surface area contributed by atoms with Crippen LogP contribution in [-0.2, 0) is 4.79 Å². The second-order valence-corrected chi connectivity index (χ2v) is 6.17. The van der Waals surface area contributed by atoms with Crippen LogP contribution in [0.4, 0.5) is 0 Å². The molecule has 0 spiro atoms. The molecule has 1 aliphatic rings. The van der Waals surface area contributed by atoms with Crippen LogP contribution in [0.3, 0.4) is 0 Å². The minimum absolute atomic E-state index is 0.0799. The van der Waals surface area contributed by atoms with Crippen molar-refractivity contribution in [3.8, 4) is 11.5 Å². The molecule has 3 rings (SSSR count). The molecule has 0 radical (unpaired) electrons. The van der Waals surface area contributed by atoms with Gasteiger partial charge in [-0.15, -0.1) is 0 Å². The number of aliphatic hydroxyl groups is 1. The minimum Gasteiger partial charge on any atom is -0.457 e. The van der Waals surface area contributed by atoms with Gasteiger partial charge in [-0.1, -0.05) is 18.2 Å². The zero-order chi connectivity index (χ0) is 17.9. The summed E-state index contributed by atoms with van der Waals surface area (Å²) in [5.41, 5.74) is 4.07. The van der Waals surface area contributed by atoms with Gasteiger partial charge in [0, 0.05) is 12.1 Å². The van der Waals surface area contributed by atoms with Crippen LogP contribution in [0.15, 0.2) is 54.6 Å². The normalized spacial score (nSPS) is 20.1. The van der Waals surface area contributed by atoms with Gasteiger partial charge in [0.25, 0.3) is 11.8 Å². The number of amides is 2. The van der Waals surface area contributed by atoms with Gasteiger partial charge in [0.05, 0.1) is 6.54 Å². The molecule has 2 amide bonds. The number of ether oxygens (including phenoxy) is 1. The van der Waals surface area contributed by atoms with Crippen LogP contribution in [0.1, 0.15) is 23.2 Å². The first-order chi connectivity index (χ1) is 12.0. The fourth-order valence-corrected chi connectivity index (χ4v) is 2.88.